The monoisotopic (exact) mass is 571 g/mol. The van der Waals surface area contributed by atoms with Gasteiger partial charge in [-0.05, 0) is 53.9 Å². The van der Waals surface area contributed by atoms with Crippen LogP contribution in [0, 0.1) is 0 Å². The van der Waals surface area contributed by atoms with E-state index in [1.165, 1.54) is 11.4 Å². The van der Waals surface area contributed by atoms with Gasteiger partial charge in [0.25, 0.3) is 0 Å². The molecule has 39 heavy (non-hydrogen) atoms. The third kappa shape index (κ3) is 8.73. The van der Waals surface area contributed by atoms with E-state index in [-0.39, 0.29) is 37.7 Å². The average molecular weight is 572 g/mol. The number of ether oxygens (including phenoxy) is 1. The molecule has 208 valence electrons. The molecule has 0 aliphatic rings. The Labute approximate surface area is 235 Å². The molecule has 10 heteroatoms. The first-order chi connectivity index (χ1) is 18.6. The summed E-state index contributed by atoms with van der Waals surface area (Å²) in [6, 6.07) is 22.6. The maximum atomic E-state index is 13.7. The molecule has 1 N–H and O–H groups in total. The van der Waals surface area contributed by atoms with Gasteiger partial charge in [-0.3, -0.25) is 13.9 Å². The lowest BCUT2D eigenvalue weighted by Crippen LogP contribution is -2.49. The van der Waals surface area contributed by atoms with Crippen molar-refractivity contribution in [2.75, 3.05) is 31.3 Å². The second-order valence-corrected chi connectivity index (χ2v) is 11.5. The molecule has 0 fully saturated rings. The third-order valence-electron chi connectivity index (χ3n) is 6.27. The fourth-order valence-electron chi connectivity index (χ4n) is 4.30. The zero-order valence-electron chi connectivity index (χ0n) is 22.3. The van der Waals surface area contributed by atoms with E-state index < -0.39 is 16.1 Å². The number of hydrogen-bond donors (Lipinski definition) is 1. The van der Waals surface area contributed by atoms with Gasteiger partial charge in [0.15, 0.2) is 0 Å². The molecular formula is C29H34ClN3O5S. The number of carbonyl (C=O) groups is 2. The number of carbonyl (C=O) groups excluding carboxylic acids is 2. The van der Waals surface area contributed by atoms with Gasteiger partial charge in [-0.25, -0.2) is 8.42 Å². The molecule has 0 radical (unpaired) electrons. The quantitative estimate of drug-likeness (QED) is 0.330. The van der Waals surface area contributed by atoms with E-state index in [9.17, 15) is 18.0 Å². The largest absolute Gasteiger partial charge is 0.497 e. The van der Waals surface area contributed by atoms with Crippen LogP contribution in [0.5, 0.6) is 5.75 Å². The van der Waals surface area contributed by atoms with Crippen LogP contribution < -0.4 is 14.4 Å². The molecular weight excluding hydrogens is 538 g/mol. The predicted molar refractivity (Wildman–Crippen MR) is 154 cm³/mol. The van der Waals surface area contributed by atoms with Crippen LogP contribution in [0.2, 0.25) is 5.02 Å². The number of hydrogen-bond acceptors (Lipinski definition) is 5. The molecule has 3 aromatic rings. The van der Waals surface area contributed by atoms with Crippen LogP contribution in [0.3, 0.4) is 0 Å². The lowest BCUT2D eigenvalue weighted by Gasteiger charge is -2.31. The van der Waals surface area contributed by atoms with Crippen molar-refractivity contribution in [3.05, 3.63) is 95.0 Å². The molecule has 0 bridgehead atoms. The minimum atomic E-state index is -3.59. The smallest absolute Gasteiger partial charge is 0.242 e. The van der Waals surface area contributed by atoms with E-state index in [2.05, 4.69) is 5.32 Å². The lowest BCUT2D eigenvalue weighted by atomic mass is 10.0. The highest BCUT2D eigenvalue weighted by atomic mass is 35.5. The zero-order chi connectivity index (χ0) is 28.4. The van der Waals surface area contributed by atoms with E-state index in [4.69, 9.17) is 16.3 Å². The number of rotatable bonds is 13. The van der Waals surface area contributed by atoms with Gasteiger partial charge in [0.05, 0.1) is 19.1 Å². The van der Waals surface area contributed by atoms with Crippen LogP contribution in [0.25, 0.3) is 0 Å². The number of methoxy groups -OCH3 is 1. The van der Waals surface area contributed by atoms with Crippen LogP contribution in [-0.2, 0) is 32.6 Å². The summed E-state index contributed by atoms with van der Waals surface area (Å²) in [7, 11) is -0.516. The molecule has 0 heterocycles. The van der Waals surface area contributed by atoms with Crippen molar-refractivity contribution in [3.63, 3.8) is 0 Å². The molecule has 8 nitrogen and oxygen atoms in total. The fourth-order valence-corrected chi connectivity index (χ4v) is 5.48. The van der Waals surface area contributed by atoms with Crippen molar-refractivity contribution >= 4 is 39.1 Å². The summed E-state index contributed by atoms with van der Waals surface area (Å²) in [6.45, 7) is 0.282. The topological polar surface area (TPSA) is 96.0 Å². The minimum absolute atomic E-state index is 0.0467. The van der Waals surface area contributed by atoms with Gasteiger partial charge in [-0.1, -0.05) is 54.1 Å². The van der Waals surface area contributed by atoms with Crippen LogP contribution >= 0.6 is 11.6 Å². The van der Waals surface area contributed by atoms with Crippen molar-refractivity contribution in [3.8, 4) is 5.75 Å². The molecule has 0 unspecified atom stereocenters. The first-order valence-electron chi connectivity index (χ1n) is 12.5. The van der Waals surface area contributed by atoms with Crippen LogP contribution in [-0.4, -0.2) is 58.1 Å². The third-order valence-corrected chi connectivity index (χ3v) is 7.70. The van der Waals surface area contributed by atoms with Crippen LogP contribution in [0.15, 0.2) is 78.9 Å². The van der Waals surface area contributed by atoms with E-state index in [1.807, 2.05) is 36.4 Å². The number of halogens is 1. The fraction of sp³-hybridized carbons (Fsp3) is 0.310. The summed E-state index contributed by atoms with van der Waals surface area (Å²) in [5.41, 5.74) is 2.18. The summed E-state index contributed by atoms with van der Waals surface area (Å²) < 4.78 is 31.5. The number of nitrogens with zero attached hydrogens (tertiary/aromatic N) is 2. The molecule has 3 aromatic carbocycles. The minimum Gasteiger partial charge on any atom is -0.497 e. The van der Waals surface area contributed by atoms with Crippen LogP contribution in [0.1, 0.15) is 24.0 Å². The van der Waals surface area contributed by atoms with Gasteiger partial charge in [0, 0.05) is 38.0 Å². The summed E-state index contributed by atoms with van der Waals surface area (Å²) in [5.74, 6) is 0.0607. The number of nitrogens with one attached hydrogen (secondary N) is 1. The summed E-state index contributed by atoms with van der Waals surface area (Å²) in [6.07, 6.45) is 1.76. The van der Waals surface area contributed by atoms with E-state index in [1.54, 1.807) is 54.4 Å². The SMILES string of the molecule is CNC(=O)[C@H](Cc1ccccc1)N(Cc1cccc(Cl)c1)C(=O)CCCN(c1ccc(OC)cc1)S(C)(=O)=O. The van der Waals surface area contributed by atoms with Gasteiger partial charge in [0.2, 0.25) is 21.8 Å². The maximum absolute atomic E-state index is 13.7. The lowest BCUT2D eigenvalue weighted by molar-refractivity contribution is -0.141. The van der Waals surface area contributed by atoms with E-state index in [0.29, 0.717) is 22.9 Å². The number of amides is 2. The Bertz CT molecular complexity index is 1350. The molecule has 0 saturated carbocycles. The van der Waals surface area contributed by atoms with Crippen molar-refractivity contribution < 1.29 is 22.7 Å². The average Bonchev–Trinajstić information content (AvgIpc) is 2.92. The Morgan fingerprint density at radius 2 is 1.64 bits per heavy atom. The molecule has 0 spiro atoms. The molecule has 0 aromatic heterocycles. The summed E-state index contributed by atoms with van der Waals surface area (Å²) in [5, 5.41) is 3.22. The van der Waals surface area contributed by atoms with Crippen molar-refractivity contribution in [2.24, 2.45) is 0 Å². The van der Waals surface area contributed by atoms with Crippen molar-refractivity contribution in [1.29, 1.82) is 0 Å². The first-order valence-corrected chi connectivity index (χ1v) is 14.8. The Kier molecular flexibility index (Phi) is 10.8. The molecule has 3 rings (SSSR count). The van der Waals surface area contributed by atoms with Gasteiger partial charge in [-0.2, -0.15) is 0 Å². The Morgan fingerprint density at radius 1 is 0.974 bits per heavy atom. The Hall–Kier alpha value is -3.56. The molecule has 2 amide bonds. The second kappa shape index (κ2) is 14.0. The number of sulfonamides is 1. The normalized spacial score (nSPS) is 11.9. The van der Waals surface area contributed by atoms with E-state index >= 15 is 0 Å². The van der Waals surface area contributed by atoms with Crippen molar-refractivity contribution in [1.82, 2.24) is 10.2 Å². The second-order valence-electron chi connectivity index (χ2n) is 9.11. The van der Waals surface area contributed by atoms with Gasteiger partial charge < -0.3 is 15.0 Å². The summed E-state index contributed by atoms with van der Waals surface area (Å²) >= 11 is 6.19. The van der Waals surface area contributed by atoms with Crippen molar-refractivity contribution in [2.45, 2.75) is 31.8 Å². The highest BCUT2D eigenvalue weighted by Crippen LogP contribution is 2.23. The molecule has 0 saturated heterocycles. The molecule has 1 atom stereocenters. The first kappa shape index (κ1) is 30.0. The van der Waals surface area contributed by atoms with Gasteiger partial charge in [-0.15, -0.1) is 0 Å². The zero-order valence-corrected chi connectivity index (χ0v) is 23.9. The standard InChI is InChI=1S/C29H34ClN3O5S/c1-31-29(35)27(20-22-9-5-4-6-10-22)32(21-23-11-7-12-24(30)19-23)28(34)13-8-18-33(39(3,36)37)25-14-16-26(38-2)17-15-25/h4-7,9-12,14-17,19,27H,8,13,18,20-21H2,1-3H3,(H,31,35)/t27-/m0/s1. The van der Waals surface area contributed by atoms with Crippen LogP contribution in [0.4, 0.5) is 5.69 Å². The predicted octanol–water partition coefficient (Wildman–Crippen LogP) is 4.28. The number of anilines is 1. The van der Waals surface area contributed by atoms with Gasteiger partial charge in [0.1, 0.15) is 11.8 Å². The van der Waals surface area contributed by atoms with E-state index in [0.717, 1.165) is 17.4 Å². The number of benzene rings is 3. The molecule has 0 aliphatic carbocycles. The number of likely N-dealkylation sites (N-methyl/N-ethyl adjacent to an activating group) is 1. The van der Waals surface area contributed by atoms with Gasteiger partial charge >= 0.3 is 0 Å². The Morgan fingerprint density at radius 3 is 2.23 bits per heavy atom. The highest BCUT2D eigenvalue weighted by molar-refractivity contribution is 7.92. The molecule has 0 aliphatic heterocycles. The Balaban J connectivity index is 1.83. The summed E-state index contributed by atoms with van der Waals surface area (Å²) in [4.78, 5) is 28.3. The maximum Gasteiger partial charge on any atom is 0.242 e. The highest BCUT2D eigenvalue weighted by Gasteiger charge is 2.30.